The van der Waals surface area contributed by atoms with Crippen molar-refractivity contribution in [3.8, 4) is 0 Å². The lowest BCUT2D eigenvalue weighted by molar-refractivity contribution is 0.0452. The molecule has 1 aromatic carbocycles. The van der Waals surface area contributed by atoms with Crippen molar-refractivity contribution in [3.63, 3.8) is 0 Å². The fraction of sp³-hybridized carbons (Fsp3) is 0.560. The lowest BCUT2D eigenvalue weighted by Gasteiger charge is -2.49. The van der Waals surface area contributed by atoms with Crippen LogP contribution in [0.15, 0.2) is 30.5 Å². The highest BCUT2D eigenvalue weighted by Crippen LogP contribution is 2.52. The Kier molecular flexibility index (Phi) is 6.05. The first-order chi connectivity index (χ1) is 15.9. The summed E-state index contributed by atoms with van der Waals surface area (Å²) in [6.45, 7) is 10.5. The minimum atomic E-state index is -0.531. The summed E-state index contributed by atoms with van der Waals surface area (Å²) in [4.78, 5) is 28.1. The van der Waals surface area contributed by atoms with Gasteiger partial charge in [0.2, 0.25) is 0 Å². The van der Waals surface area contributed by atoms with Crippen LogP contribution in [0, 0.1) is 12.8 Å². The average molecular weight is 469 g/mol. The van der Waals surface area contributed by atoms with Crippen molar-refractivity contribution in [1.82, 2.24) is 19.8 Å². The molecule has 1 spiro atoms. The summed E-state index contributed by atoms with van der Waals surface area (Å²) in [5.74, 6) is 1.04. The number of nitrogens with two attached hydrogens (primary N) is 1. The van der Waals surface area contributed by atoms with Crippen molar-refractivity contribution in [1.29, 1.82) is 0 Å². The fourth-order valence-electron chi connectivity index (χ4n) is 5.91. The number of primary amides is 1. The first kappa shape index (κ1) is 22.6. The zero-order chi connectivity index (χ0) is 23.2. The van der Waals surface area contributed by atoms with E-state index in [1.54, 1.807) is 0 Å². The van der Waals surface area contributed by atoms with Gasteiger partial charge in [0, 0.05) is 42.8 Å². The van der Waals surface area contributed by atoms with Crippen LogP contribution >= 0.6 is 11.6 Å². The fourth-order valence-corrected chi connectivity index (χ4v) is 6.04. The highest BCUT2D eigenvalue weighted by molar-refractivity contribution is 6.30. The number of aryl methyl sites for hydroxylation is 1. The smallest absolute Gasteiger partial charge is 0.268 e. The van der Waals surface area contributed by atoms with Crippen molar-refractivity contribution in [2.45, 2.75) is 51.2 Å². The predicted octanol–water partition coefficient (Wildman–Crippen LogP) is 3.10. The number of rotatable bonds is 5. The topological polar surface area (TPSA) is 78.6 Å². The molecular weight excluding hydrogens is 436 g/mol. The van der Waals surface area contributed by atoms with Crippen LogP contribution in [0.3, 0.4) is 0 Å². The van der Waals surface area contributed by atoms with E-state index in [4.69, 9.17) is 17.3 Å². The number of aromatic nitrogens is 2. The van der Waals surface area contributed by atoms with Gasteiger partial charge in [0.15, 0.2) is 0 Å². The molecule has 2 aliphatic heterocycles. The van der Waals surface area contributed by atoms with Gasteiger partial charge >= 0.3 is 0 Å². The number of benzene rings is 1. The molecule has 3 fully saturated rings. The van der Waals surface area contributed by atoms with Crippen LogP contribution in [0.25, 0.3) is 0 Å². The first-order valence-electron chi connectivity index (χ1n) is 12.0. The van der Waals surface area contributed by atoms with E-state index < -0.39 is 5.91 Å². The Morgan fingerprint density at radius 1 is 1.18 bits per heavy atom. The van der Waals surface area contributed by atoms with Gasteiger partial charge in [-0.15, -0.1) is 0 Å². The quantitative estimate of drug-likeness (QED) is 0.726. The van der Waals surface area contributed by atoms with Crippen LogP contribution < -0.4 is 10.6 Å². The van der Waals surface area contributed by atoms with Gasteiger partial charge in [-0.2, -0.15) is 0 Å². The molecule has 3 aliphatic rings. The Morgan fingerprint density at radius 3 is 2.48 bits per heavy atom. The van der Waals surface area contributed by atoms with Crippen molar-refractivity contribution in [2.24, 2.45) is 11.7 Å². The lowest BCUT2D eigenvalue weighted by Crippen LogP contribution is -2.61. The van der Waals surface area contributed by atoms with Crippen LogP contribution in [0.1, 0.15) is 47.9 Å². The molecule has 3 heterocycles. The van der Waals surface area contributed by atoms with Crippen molar-refractivity contribution in [2.75, 3.05) is 37.6 Å². The third-order valence-electron chi connectivity index (χ3n) is 7.85. The molecule has 2 aromatic rings. The third-order valence-corrected chi connectivity index (χ3v) is 8.11. The van der Waals surface area contributed by atoms with Gasteiger partial charge in [0.25, 0.3) is 5.91 Å². The maximum absolute atomic E-state index is 11.4. The Morgan fingerprint density at radius 2 is 1.88 bits per heavy atom. The molecule has 2 unspecified atom stereocenters. The van der Waals surface area contributed by atoms with Gasteiger partial charge in [-0.25, -0.2) is 9.97 Å². The van der Waals surface area contributed by atoms with Gasteiger partial charge in [0.05, 0.1) is 11.9 Å². The largest absolute Gasteiger partial charge is 0.364 e. The number of hydrogen-bond acceptors (Lipinski definition) is 6. The Hall–Kier alpha value is -2.22. The predicted molar refractivity (Wildman–Crippen MR) is 130 cm³/mol. The van der Waals surface area contributed by atoms with Gasteiger partial charge < -0.3 is 10.6 Å². The molecule has 2 saturated heterocycles. The van der Waals surface area contributed by atoms with Gasteiger partial charge in [-0.1, -0.05) is 30.7 Å². The van der Waals surface area contributed by atoms with Gasteiger partial charge in [-0.3, -0.25) is 14.6 Å². The third kappa shape index (κ3) is 4.46. The van der Waals surface area contributed by atoms with Crippen molar-refractivity contribution < 1.29 is 4.79 Å². The Labute approximate surface area is 200 Å². The van der Waals surface area contributed by atoms with Crippen molar-refractivity contribution >= 4 is 23.3 Å². The highest BCUT2D eigenvalue weighted by atomic mass is 35.5. The van der Waals surface area contributed by atoms with E-state index in [1.165, 1.54) is 31.0 Å². The maximum Gasteiger partial charge on any atom is 0.268 e. The standard InChI is InChI=1S/C25H33ClN6O/c1-17-13-25(17)16-31(24-18(2)29-22(14-28-24)23(27)33)11-12-32(25)21-7-9-30(10-8-21)15-19-3-5-20(26)6-4-19/h3-6,14,17,21H,7-13,15-16H2,1-2H3,(H2,27,33). The molecule has 2 atom stereocenters. The number of hydrogen-bond donors (Lipinski definition) is 1. The number of amides is 1. The Balaban J connectivity index is 1.22. The van der Waals surface area contributed by atoms with Crippen LogP contribution in [-0.4, -0.2) is 70.0 Å². The molecule has 7 nitrogen and oxygen atoms in total. The monoisotopic (exact) mass is 468 g/mol. The summed E-state index contributed by atoms with van der Waals surface area (Å²) < 4.78 is 0. The number of nitrogens with zero attached hydrogens (tertiary/aromatic N) is 5. The van der Waals surface area contributed by atoms with Crippen molar-refractivity contribution in [3.05, 3.63) is 52.4 Å². The average Bonchev–Trinajstić information content (AvgIpc) is 3.44. The maximum atomic E-state index is 11.4. The van der Waals surface area contributed by atoms with E-state index in [9.17, 15) is 4.79 Å². The van der Waals surface area contributed by atoms with Crippen LogP contribution in [0.5, 0.6) is 0 Å². The van der Waals surface area contributed by atoms with E-state index >= 15 is 0 Å². The number of carbonyl (C=O) groups excluding carboxylic acids is 1. The first-order valence-corrected chi connectivity index (χ1v) is 12.4. The molecule has 1 amide bonds. The molecule has 1 saturated carbocycles. The molecule has 5 rings (SSSR count). The zero-order valence-corrected chi connectivity index (χ0v) is 20.3. The number of carbonyl (C=O) groups is 1. The van der Waals surface area contributed by atoms with Crippen LogP contribution in [-0.2, 0) is 6.54 Å². The normalized spacial score (nSPS) is 26.6. The van der Waals surface area contributed by atoms with Gasteiger partial charge in [0.1, 0.15) is 11.5 Å². The number of likely N-dealkylation sites (tertiary alicyclic amines) is 1. The lowest BCUT2D eigenvalue weighted by atomic mass is 9.96. The second kappa shape index (κ2) is 8.85. The molecule has 8 heteroatoms. The number of halogens is 1. The summed E-state index contributed by atoms with van der Waals surface area (Å²) in [5.41, 5.74) is 7.94. The van der Waals surface area contributed by atoms with E-state index in [1.807, 2.05) is 19.1 Å². The number of piperazine rings is 1. The number of piperidine rings is 1. The van der Waals surface area contributed by atoms with E-state index in [2.05, 4.69) is 43.7 Å². The minimum Gasteiger partial charge on any atom is -0.364 e. The van der Waals surface area contributed by atoms with E-state index in [0.717, 1.165) is 55.8 Å². The van der Waals surface area contributed by atoms with E-state index in [0.29, 0.717) is 12.0 Å². The number of anilines is 1. The minimum absolute atomic E-state index is 0.231. The molecule has 1 aromatic heterocycles. The molecule has 2 N–H and O–H groups in total. The van der Waals surface area contributed by atoms with E-state index in [-0.39, 0.29) is 11.2 Å². The summed E-state index contributed by atoms with van der Waals surface area (Å²) >= 11 is 6.03. The molecular formula is C25H33ClN6O. The SMILES string of the molecule is Cc1nc(C(N)=O)cnc1N1CCN(C2CCN(Cc3ccc(Cl)cc3)CC2)C2(CC2C)C1. The summed E-state index contributed by atoms with van der Waals surface area (Å²) in [7, 11) is 0. The zero-order valence-electron chi connectivity index (χ0n) is 19.5. The summed E-state index contributed by atoms with van der Waals surface area (Å²) in [6.07, 6.45) is 5.18. The van der Waals surface area contributed by atoms with Crippen LogP contribution in [0.2, 0.25) is 5.02 Å². The van der Waals surface area contributed by atoms with Crippen LogP contribution in [0.4, 0.5) is 5.82 Å². The molecule has 1 aliphatic carbocycles. The highest BCUT2D eigenvalue weighted by Gasteiger charge is 2.59. The van der Waals surface area contributed by atoms with Gasteiger partial charge in [-0.05, 0) is 62.9 Å². The molecule has 33 heavy (non-hydrogen) atoms. The second-order valence-corrected chi connectivity index (χ2v) is 10.4. The Bertz CT molecular complexity index is 1020. The second-order valence-electron chi connectivity index (χ2n) is 9.99. The molecule has 0 radical (unpaired) electrons. The molecule has 176 valence electrons. The summed E-state index contributed by atoms with van der Waals surface area (Å²) in [5, 5.41) is 0.797. The molecule has 0 bridgehead atoms. The summed E-state index contributed by atoms with van der Waals surface area (Å²) in [6, 6.07) is 8.87.